The molecule has 2 aromatic carbocycles. The summed E-state index contributed by atoms with van der Waals surface area (Å²) < 4.78 is 5.40. The molecule has 0 unspecified atom stereocenters. The quantitative estimate of drug-likeness (QED) is 0.586. The van der Waals surface area contributed by atoms with Gasteiger partial charge < -0.3 is 4.74 Å². The second-order valence-electron chi connectivity index (χ2n) is 3.77. The van der Waals surface area contributed by atoms with Gasteiger partial charge >= 0.3 is 18.9 Å². The molecule has 0 aliphatic carbocycles. The van der Waals surface area contributed by atoms with Gasteiger partial charge in [0, 0.05) is 0 Å². The molecule has 0 aromatic heterocycles. The summed E-state index contributed by atoms with van der Waals surface area (Å²) in [7, 11) is 0. The molecule has 2 aromatic rings. The molecule has 0 saturated heterocycles. The van der Waals surface area contributed by atoms with Crippen molar-refractivity contribution in [1.82, 2.24) is 0 Å². The molecule has 88 valence electrons. The van der Waals surface area contributed by atoms with Gasteiger partial charge in [0.1, 0.15) is 5.75 Å². The van der Waals surface area contributed by atoms with Crippen molar-refractivity contribution in [3.8, 4) is 5.75 Å². The van der Waals surface area contributed by atoms with E-state index in [1.165, 1.54) is 5.56 Å². The summed E-state index contributed by atoms with van der Waals surface area (Å²) in [5.74, 6) is 0.905. The van der Waals surface area contributed by atoms with Crippen LogP contribution in [-0.4, -0.2) is 6.61 Å². The third-order valence-corrected chi connectivity index (χ3v) is 2.89. The van der Waals surface area contributed by atoms with E-state index in [1.54, 1.807) is 0 Å². The van der Waals surface area contributed by atoms with Crippen LogP contribution >= 0.6 is 11.6 Å². The largest absolute Gasteiger partial charge is 1.00 e. The first-order chi connectivity index (χ1) is 8.29. The normalized spacial score (nSPS) is 9.67. The summed E-state index contributed by atoms with van der Waals surface area (Å²) in [6.45, 7) is 2.67. The zero-order valence-corrected chi connectivity index (χ0v) is 11.5. The molecule has 0 radical (unpaired) electrons. The van der Waals surface area contributed by atoms with Gasteiger partial charge in [-0.2, -0.15) is 24.3 Å². The smallest absolute Gasteiger partial charge is 0.494 e. The van der Waals surface area contributed by atoms with Crippen LogP contribution in [0.15, 0.2) is 42.5 Å². The fourth-order valence-electron chi connectivity index (χ4n) is 1.67. The standard InChI is InChI=1S/C15H14ClO.Li/c1-2-17-14-9-7-12(8-10-14)11-13-5-3-4-6-15(13)16;/h4-10H,2,11H2,1H3;/q-1;+1. The Labute approximate surface area is 125 Å². The second-order valence-corrected chi connectivity index (χ2v) is 4.18. The Kier molecular flexibility index (Phi) is 6.36. The maximum Gasteiger partial charge on any atom is 1.00 e. The summed E-state index contributed by atoms with van der Waals surface area (Å²) in [4.78, 5) is 0. The van der Waals surface area contributed by atoms with Gasteiger partial charge in [-0.1, -0.05) is 22.7 Å². The molecule has 0 N–H and O–H groups in total. The fraction of sp³-hybridized carbons (Fsp3) is 0.200. The third-order valence-electron chi connectivity index (χ3n) is 2.52. The van der Waals surface area contributed by atoms with Crippen LogP contribution in [0, 0.1) is 6.07 Å². The Bertz CT molecular complexity index is 482. The van der Waals surface area contributed by atoms with Gasteiger partial charge in [0.25, 0.3) is 0 Å². The summed E-state index contributed by atoms with van der Waals surface area (Å²) in [5, 5.41) is 0.789. The molecular weight excluding hydrogens is 239 g/mol. The molecule has 0 aliphatic heterocycles. The molecule has 0 saturated carbocycles. The minimum absolute atomic E-state index is 0. The van der Waals surface area contributed by atoms with Crippen LogP contribution in [0.1, 0.15) is 18.1 Å². The van der Waals surface area contributed by atoms with E-state index in [9.17, 15) is 0 Å². The Morgan fingerprint density at radius 2 is 1.89 bits per heavy atom. The van der Waals surface area contributed by atoms with Gasteiger partial charge in [0.15, 0.2) is 0 Å². The van der Waals surface area contributed by atoms with Gasteiger partial charge in [-0.05, 0) is 25.5 Å². The Morgan fingerprint density at radius 3 is 2.50 bits per heavy atom. The van der Waals surface area contributed by atoms with Gasteiger partial charge in [-0.25, -0.2) is 0 Å². The second kappa shape index (κ2) is 7.54. The van der Waals surface area contributed by atoms with E-state index < -0.39 is 0 Å². The summed E-state index contributed by atoms with van der Waals surface area (Å²) in [5.41, 5.74) is 2.31. The summed E-state index contributed by atoms with van der Waals surface area (Å²) >= 11 is 6.11. The maximum atomic E-state index is 6.11. The third kappa shape index (κ3) is 4.10. The number of hydrogen-bond acceptors (Lipinski definition) is 1. The minimum Gasteiger partial charge on any atom is -0.494 e. The fourth-order valence-corrected chi connectivity index (χ4v) is 1.86. The Morgan fingerprint density at radius 1 is 1.17 bits per heavy atom. The van der Waals surface area contributed by atoms with Gasteiger partial charge in [-0.15, -0.1) is 17.2 Å². The molecule has 0 bridgehead atoms. The molecule has 18 heavy (non-hydrogen) atoms. The monoisotopic (exact) mass is 252 g/mol. The van der Waals surface area contributed by atoms with E-state index in [-0.39, 0.29) is 18.9 Å². The van der Waals surface area contributed by atoms with E-state index in [0.29, 0.717) is 6.61 Å². The van der Waals surface area contributed by atoms with Crippen molar-refractivity contribution in [2.45, 2.75) is 13.3 Å². The van der Waals surface area contributed by atoms with Crippen LogP contribution in [0.5, 0.6) is 5.75 Å². The van der Waals surface area contributed by atoms with E-state index in [2.05, 4.69) is 18.2 Å². The van der Waals surface area contributed by atoms with Crippen molar-refractivity contribution >= 4 is 11.6 Å². The van der Waals surface area contributed by atoms with E-state index in [4.69, 9.17) is 16.3 Å². The predicted molar refractivity (Wildman–Crippen MR) is 70.7 cm³/mol. The molecular formula is C15H14ClLiO. The van der Waals surface area contributed by atoms with E-state index >= 15 is 0 Å². The van der Waals surface area contributed by atoms with E-state index in [0.717, 1.165) is 22.8 Å². The SMILES string of the molecule is CCOc1ccc(Cc2c[c-]ccc2Cl)cc1.[Li+]. The van der Waals surface area contributed by atoms with Crippen molar-refractivity contribution in [1.29, 1.82) is 0 Å². The predicted octanol–water partition coefficient (Wildman–Crippen LogP) is 1.13. The maximum absolute atomic E-state index is 6.11. The first-order valence-electron chi connectivity index (χ1n) is 5.66. The van der Waals surface area contributed by atoms with Crippen LogP contribution in [0.25, 0.3) is 0 Å². The zero-order chi connectivity index (χ0) is 12.1. The van der Waals surface area contributed by atoms with E-state index in [1.807, 2.05) is 37.3 Å². The number of rotatable bonds is 4. The molecule has 0 aliphatic rings. The van der Waals surface area contributed by atoms with Crippen molar-refractivity contribution in [2.75, 3.05) is 6.61 Å². The molecule has 0 fully saturated rings. The van der Waals surface area contributed by atoms with Crippen molar-refractivity contribution in [3.63, 3.8) is 0 Å². The Hall–Kier alpha value is -0.873. The molecule has 1 nitrogen and oxygen atoms in total. The minimum atomic E-state index is 0. The average molecular weight is 253 g/mol. The molecule has 3 heteroatoms. The van der Waals surface area contributed by atoms with Crippen LogP contribution in [0.3, 0.4) is 0 Å². The summed E-state index contributed by atoms with van der Waals surface area (Å²) in [6, 6.07) is 16.8. The van der Waals surface area contributed by atoms with Crippen molar-refractivity contribution < 1.29 is 23.6 Å². The van der Waals surface area contributed by atoms with Crippen LogP contribution < -0.4 is 23.6 Å². The number of ether oxygens (including phenoxy) is 1. The first kappa shape index (κ1) is 15.2. The summed E-state index contributed by atoms with van der Waals surface area (Å²) in [6.07, 6.45) is 0.822. The topological polar surface area (TPSA) is 9.23 Å². The molecule has 0 atom stereocenters. The van der Waals surface area contributed by atoms with Gasteiger partial charge in [0.2, 0.25) is 0 Å². The van der Waals surface area contributed by atoms with Crippen LogP contribution in [0.2, 0.25) is 5.02 Å². The number of benzene rings is 2. The number of halogens is 1. The molecule has 0 amide bonds. The zero-order valence-electron chi connectivity index (χ0n) is 10.7. The van der Waals surface area contributed by atoms with Crippen molar-refractivity contribution in [2.24, 2.45) is 0 Å². The van der Waals surface area contributed by atoms with Crippen LogP contribution in [-0.2, 0) is 6.42 Å². The first-order valence-corrected chi connectivity index (χ1v) is 6.03. The Balaban J connectivity index is 0.00000162. The van der Waals surface area contributed by atoms with Gasteiger partial charge in [0.05, 0.1) is 6.61 Å². The van der Waals surface area contributed by atoms with Gasteiger partial charge in [-0.3, -0.25) is 0 Å². The molecule has 2 rings (SSSR count). The molecule has 0 spiro atoms. The molecule has 0 heterocycles. The number of hydrogen-bond donors (Lipinski definition) is 0. The average Bonchev–Trinajstić information content (AvgIpc) is 2.35. The van der Waals surface area contributed by atoms with Crippen LogP contribution in [0.4, 0.5) is 0 Å². The van der Waals surface area contributed by atoms with Crippen molar-refractivity contribution in [3.05, 3.63) is 64.7 Å².